The average Bonchev–Trinajstić information content (AvgIpc) is 2.79. The fourth-order valence-corrected chi connectivity index (χ4v) is 3.44. The fraction of sp³-hybridized carbons (Fsp3) is 0.120. The number of hydrogen-bond acceptors (Lipinski definition) is 6. The summed E-state index contributed by atoms with van der Waals surface area (Å²) < 4.78 is 16.1. The molecular formula is C25H22N2O5. The van der Waals surface area contributed by atoms with Crippen LogP contribution in [0.1, 0.15) is 6.92 Å². The van der Waals surface area contributed by atoms with E-state index in [-0.39, 0.29) is 5.91 Å². The van der Waals surface area contributed by atoms with Crippen molar-refractivity contribution in [3.05, 3.63) is 77.2 Å². The van der Waals surface area contributed by atoms with Crippen LogP contribution in [0.2, 0.25) is 0 Å². The lowest BCUT2D eigenvalue weighted by molar-refractivity contribution is -0.114. The highest BCUT2D eigenvalue weighted by Crippen LogP contribution is 2.36. The van der Waals surface area contributed by atoms with Gasteiger partial charge in [-0.2, -0.15) is 0 Å². The van der Waals surface area contributed by atoms with Crippen molar-refractivity contribution >= 4 is 33.9 Å². The van der Waals surface area contributed by atoms with Gasteiger partial charge in [-0.05, 0) is 54.1 Å². The highest BCUT2D eigenvalue weighted by molar-refractivity contribution is 6.00. The van der Waals surface area contributed by atoms with Crippen molar-refractivity contribution in [1.29, 1.82) is 0 Å². The van der Waals surface area contributed by atoms with E-state index >= 15 is 0 Å². The quantitative estimate of drug-likeness (QED) is 0.410. The van der Waals surface area contributed by atoms with Gasteiger partial charge in [-0.1, -0.05) is 12.1 Å². The Morgan fingerprint density at radius 1 is 0.844 bits per heavy atom. The molecule has 0 radical (unpaired) electrons. The molecule has 2 N–H and O–H groups in total. The molecule has 0 saturated carbocycles. The van der Waals surface area contributed by atoms with Crippen LogP contribution in [0, 0.1) is 0 Å². The van der Waals surface area contributed by atoms with Crippen LogP contribution in [0.15, 0.2) is 75.9 Å². The van der Waals surface area contributed by atoms with E-state index < -0.39 is 5.63 Å². The van der Waals surface area contributed by atoms with Gasteiger partial charge in [0.25, 0.3) is 0 Å². The summed E-state index contributed by atoms with van der Waals surface area (Å²) >= 11 is 0. The summed E-state index contributed by atoms with van der Waals surface area (Å²) in [7, 11) is 3.14. The number of amides is 1. The van der Waals surface area contributed by atoms with E-state index in [1.165, 1.54) is 6.92 Å². The van der Waals surface area contributed by atoms with Gasteiger partial charge in [-0.3, -0.25) is 4.79 Å². The number of fused-ring (bicyclic) bond motifs is 1. The molecule has 0 saturated heterocycles. The second-order valence-corrected chi connectivity index (χ2v) is 7.11. The summed E-state index contributed by atoms with van der Waals surface area (Å²) in [6.45, 7) is 1.46. The van der Waals surface area contributed by atoms with Gasteiger partial charge in [0, 0.05) is 29.8 Å². The molecule has 0 unspecified atom stereocenters. The maximum absolute atomic E-state index is 13.0. The van der Waals surface area contributed by atoms with Crippen molar-refractivity contribution in [1.82, 2.24) is 0 Å². The predicted octanol–water partition coefficient (Wildman–Crippen LogP) is 5.18. The molecular weight excluding hydrogens is 408 g/mol. The third-order valence-electron chi connectivity index (χ3n) is 4.97. The molecule has 0 aliphatic rings. The first-order valence-electron chi connectivity index (χ1n) is 9.92. The van der Waals surface area contributed by atoms with Crippen molar-refractivity contribution < 1.29 is 18.7 Å². The van der Waals surface area contributed by atoms with Crippen LogP contribution in [0.3, 0.4) is 0 Å². The Balaban J connectivity index is 1.86. The van der Waals surface area contributed by atoms with Gasteiger partial charge in [-0.25, -0.2) is 4.79 Å². The van der Waals surface area contributed by atoms with Crippen LogP contribution in [0.4, 0.5) is 17.1 Å². The van der Waals surface area contributed by atoms with E-state index in [1.807, 2.05) is 36.4 Å². The molecule has 1 heterocycles. The Bertz CT molecular complexity index is 1330. The van der Waals surface area contributed by atoms with Gasteiger partial charge in [0.05, 0.1) is 25.5 Å². The Morgan fingerprint density at radius 2 is 1.47 bits per heavy atom. The van der Waals surface area contributed by atoms with E-state index in [4.69, 9.17) is 13.9 Å². The minimum absolute atomic E-state index is 0.145. The molecule has 0 spiro atoms. The zero-order valence-electron chi connectivity index (χ0n) is 17.9. The lowest BCUT2D eigenvalue weighted by Crippen LogP contribution is -2.08. The monoisotopic (exact) mass is 430 g/mol. The maximum atomic E-state index is 13.0. The van der Waals surface area contributed by atoms with Crippen LogP contribution in [0.25, 0.3) is 22.1 Å². The third-order valence-corrected chi connectivity index (χ3v) is 4.97. The Hall–Kier alpha value is -4.26. The van der Waals surface area contributed by atoms with Crippen molar-refractivity contribution in [3.63, 3.8) is 0 Å². The van der Waals surface area contributed by atoms with Gasteiger partial charge in [0.2, 0.25) is 5.91 Å². The topological polar surface area (TPSA) is 89.8 Å². The number of anilines is 3. The molecule has 0 aliphatic carbocycles. The number of rotatable bonds is 6. The second kappa shape index (κ2) is 8.85. The van der Waals surface area contributed by atoms with Crippen LogP contribution in [-0.2, 0) is 4.79 Å². The van der Waals surface area contributed by atoms with E-state index in [0.717, 1.165) is 11.1 Å². The summed E-state index contributed by atoms with van der Waals surface area (Å²) in [6.07, 6.45) is 0. The highest BCUT2D eigenvalue weighted by Gasteiger charge is 2.18. The summed E-state index contributed by atoms with van der Waals surface area (Å²) in [4.78, 5) is 24.3. The molecule has 0 atom stereocenters. The van der Waals surface area contributed by atoms with Gasteiger partial charge in [-0.15, -0.1) is 0 Å². The molecule has 4 rings (SSSR count). The average molecular weight is 430 g/mol. The maximum Gasteiger partial charge on any atom is 0.346 e. The van der Waals surface area contributed by atoms with Gasteiger partial charge >= 0.3 is 5.63 Å². The molecule has 0 aliphatic heterocycles. The van der Waals surface area contributed by atoms with Crippen molar-refractivity contribution in [2.24, 2.45) is 0 Å². The third kappa shape index (κ3) is 4.27. The number of benzene rings is 3. The number of hydrogen-bond donors (Lipinski definition) is 2. The van der Waals surface area contributed by atoms with Gasteiger partial charge in [0.15, 0.2) is 0 Å². The zero-order chi connectivity index (χ0) is 22.7. The lowest BCUT2D eigenvalue weighted by Gasteiger charge is -2.15. The smallest absolute Gasteiger partial charge is 0.346 e. The Kier molecular flexibility index (Phi) is 5.81. The normalized spacial score (nSPS) is 10.6. The second-order valence-electron chi connectivity index (χ2n) is 7.11. The highest BCUT2D eigenvalue weighted by atomic mass is 16.5. The van der Waals surface area contributed by atoms with Crippen molar-refractivity contribution in [3.8, 4) is 22.6 Å². The van der Waals surface area contributed by atoms with Crippen molar-refractivity contribution in [2.45, 2.75) is 6.92 Å². The van der Waals surface area contributed by atoms with Crippen LogP contribution in [-0.4, -0.2) is 20.1 Å². The minimum Gasteiger partial charge on any atom is -0.497 e. The first-order valence-corrected chi connectivity index (χ1v) is 9.92. The number of methoxy groups -OCH3 is 2. The van der Waals surface area contributed by atoms with E-state index in [9.17, 15) is 9.59 Å². The molecule has 0 fully saturated rings. The molecule has 32 heavy (non-hydrogen) atoms. The molecule has 3 aromatic carbocycles. The van der Waals surface area contributed by atoms with Crippen molar-refractivity contribution in [2.75, 3.05) is 24.9 Å². The van der Waals surface area contributed by atoms with Crippen LogP contribution < -0.4 is 25.7 Å². The summed E-state index contributed by atoms with van der Waals surface area (Å²) in [5, 5.41) is 6.82. The zero-order valence-corrected chi connectivity index (χ0v) is 17.9. The molecule has 4 aromatic rings. The largest absolute Gasteiger partial charge is 0.497 e. The molecule has 7 heteroatoms. The van der Waals surface area contributed by atoms with Gasteiger partial charge in [0.1, 0.15) is 17.1 Å². The number of carbonyl (C=O) groups is 1. The first-order chi connectivity index (χ1) is 15.5. The summed E-state index contributed by atoms with van der Waals surface area (Å²) in [5.41, 5.74) is 3.05. The minimum atomic E-state index is -0.478. The number of nitrogens with one attached hydrogen (secondary N) is 2. The molecule has 1 amide bonds. The molecule has 162 valence electrons. The Morgan fingerprint density at radius 3 is 2.09 bits per heavy atom. The predicted molar refractivity (Wildman–Crippen MR) is 125 cm³/mol. The standard InChI is InChI=1S/C25H22N2O5/c1-15(28)26-17-6-8-18(9-7-17)27-24-21-13-12-20(31-3)14-22(21)32-25(29)23(24)16-4-10-19(30-2)11-5-16/h4-14,27H,1-3H3,(H,26,28). The molecule has 7 nitrogen and oxygen atoms in total. The fourth-order valence-electron chi connectivity index (χ4n) is 3.44. The van der Waals surface area contributed by atoms with Crippen LogP contribution in [0.5, 0.6) is 11.5 Å². The molecule has 1 aromatic heterocycles. The van der Waals surface area contributed by atoms with E-state index in [1.54, 1.807) is 44.6 Å². The lowest BCUT2D eigenvalue weighted by atomic mass is 10.0. The van der Waals surface area contributed by atoms with Gasteiger partial charge < -0.3 is 24.5 Å². The summed E-state index contributed by atoms with van der Waals surface area (Å²) in [5.74, 6) is 1.13. The first kappa shape index (κ1) is 21.0. The van der Waals surface area contributed by atoms with E-state index in [2.05, 4.69) is 10.6 Å². The van der Waals surface area contributed by atoms with Crippen LogP contribution >= 0.6 is 0 Å². The molecule has 0 bridgehead atoms. The summed E-state index contributed by atoms with van der Waals surface area (Å²) in [6, 6.07) is 19.8. The van der Waals surface area contributed by atoms with E-state index in [0.29, 0.717) is 39.6 Å². The Labute approximate surface area is 184 Å². The number of carbonyl (C=O) groups excluding carboxylic acids is 1. The number of ether oxygens (including phenoxy) is 2. The SMILES string of the molecule is COc1ccc(-c2c(Nc3ccc(NC(C)=O)cc3)c3ccc(OC)cc3oc2=O)cc1.